The van der Waals surface area contributed by atoms with E-state index < -0.39 is 0 Å². The molecule has 1 aromatic heterocycles. The smallest absolute Gasteiger partial charge is 0.193 e. The van der Waals surface area contributed by atoms with Crippen molar-refractivity contribution in [1.29, 1.82) is 0 Å². The van der Waals surface area contributed by atoms with Gasteiger partial charge in [0.25, 0.3) is 0 Å². The summed E-state index contributed by atoms with van der Waals surface area (Å²) in [4.78, 5) is 8.49. The molecule has 3 atom stereocenters. The number of likely N-dealkylation sites (N-methyl/N-ethyl adjacent to an activating group) is 1. The number of nitrogens with zero attached hydrogens (tertiary/aromatic N) is 4. The summed E-state index contributed by atoms with van der Waals surface area (Å²) in [5.74, 6) is 1.66. The van der Waals surface area contributed by atoms with Gasteiger partial charge in [-0.05, 0) is 84.0 Å². The van der Waals surface area contributed by atoms with Crippen LogP contribution in [0.1, 0.15) is 87.3 Å². The Hall–Kier alpha value is -2.94. The summed E-state index contributed by atoms with van der Waals surface area (Å²) in [7, 11) is 2.16. The Kier molecular flexibility index (Phi) is 10.2. The van der Waals surface area contributed by atoms with Gasteiger partial charge >= 0.3 is 0 Å². The van der Waals surface area contributed by atoms with Crippen LogP contribution in [0.2, 0.25) is 0 Å². The molecule has 1 saturated carbocycles. The molecule has 0 spiro atoms. The first-order valence-electron chi connectivity index (χ1n) is 15.1. The Bertz CT molecular complexity index is 1450. The third-order valence-electron chi connectivity index (χ3n) is 8.52. The molecule has 3 aromatic carbocycles. The number of hydrogen-bond acceptors (Lipinski definition) is 7. The molecule has 3 unspecified atom stereocenters. The second-order valence-electron chi connectivity index (χ2n) is 11.7. The van der Waals surface area contributed by atoms with E-state index in [1.165, 1.54) is 48.1 Å². The Morgan fingerprint density at radius 1 is 0.905 bits per heavy atom. The molecule has 5 rings (SSSR count). The minimum atomic E-state index is -0.000643. The SMILES string of the molecule is CCC(CN(C)c1cccc(C2CCCCC2c2cccc(C(C)C)c2)c1)ONc1cccc(-n2c(S)nnc2S)c1. The van der Waals surface area contributed by atoms with E-state index in [1.54, 1.807) is 4.57 Å². The van der Waals surface area contributed by atoms with E-state index in [1.807, 2.05) is 24.3 Å². The fraction of sp³-hybridized carbons (Fsp3) is 0.412. The first kappa shape index (κ1) is 30.5. The monoisotopic (exact) mass is 601 g/mol. The molecular formula is C34H43N5OS2. The first-order chi connectivity index (χ1) is 20.3. The van der Waals surface area contributed by atoms with Crippen LogP contribution in [-0.2, 0) is 4.84 Å². The van der Waals surface area contributed by atoms with Gasteiger partial charge in [-0.3, -0.25) is 14.9 Å². The molecular weight excluding hydrogens is 559 g/mol. The lowest BCUT2D eigenvalue weighted by atomic mass is 9.72. The van der Waals surface area contributed by atoms with Crippen molar-refractivity contribution >= 4 is 36.6 Å². The summed E-state index contributed by atoms with van der Waals surface area (Å²) < 4.78 is 1.77. The molecule has 0 radical (unpaired) electrons. The maximum absolute atomic E-state index is 6.18. The van der Waals surface area contributed by atoms with Crippen molar-refractivity contribution in [2.75, 3.05) is 24.0 Å². The van der Waals surface area contributed by atoms with Gasteiger partial charge in [0.2, 0.25) is 0 Å². The Morgan fingerprint density at radius 3 is 2.21 bits per heavy atom. The van der Waals surface area contributed by atoms with Crippen molar-refractivity contribution in [1.82, 2.24) is 14.8 Å². The van der Waals surface area contributed by atoms with Gasteiger partial charge in [-0.1, -0.05) is 76.1 Å². The predicted molar refractivity (Wildman–Crippen MR) is 179 cm³/mol. The summed E-state index contributed by atoms with van der Waals surface area (Å²) in [5, 5.41) is 8.93. The molecule has 222 valence electrons. The van der Waals surface area contributed by atoms with Crippen LogP contribution in [0.4, 0.5) is 11.4 Å². The normalized spacial score (nSPS) is 17.8. The maximum Gasteiger partial charge on any atom is 0.193 e. The summed E-state index contributed by atoms with van der Waals surface area (Å²) in [6.07, 6.45) is 5.98. The van der Waals surface area contributed by atoms with Crippen molar-refractivity contribution in [2.45, 2.75) is 87.0 Å². The zero-order chi connectivity index (χ0) is 29.6. The average Bonchev–Trinajstić information content (AvgIpc) is 3.36. The third kappa shape index (κ3) is 7.16. The number of aromatic nitrogens is 3. The van der Waals surface area contributed by atoms with Crippen LogP contribution in [0, 0.1) is 0 Å². The van der Waals surface area contributed by atoms with Gasteiger partial charge in [-0.25, -0.2) is 0 Å². The largest absolute Gasteiger partial charge is 0.372 e. The second kappa shape index (κ2) is 14.0. The van der Waals surface area contributed by atoms with E-state index in [0.29, 0.717) is 28.1 Å². The number of rotatable bonds is 11. The molecule has 42 heavy (non-hydrogen) atoms. The van der Waals surface area contributed by atoms with E-state index in [-0.39, 0.29) is 6.10 Å². The first-order valence-corrected chi connectivity index (χ1v) is 16.0. The highest BCUT2D eigenvalue weighted by Crippen LogP contribution is 2.45. The van der Waals surface area contributed by atoms with E-state index in [4.69, 9.17) is 4.84 Å². The quantitative estimate of drug-likeness (QED) is 0.119. The van der Waals surface area contributed by atoms with Crippen molar-refractivity contribution in [3.8, 4) is 5.69 Å². The van der Waals surface area contributed by atoms with Crippen LogP contribution in [0.15, 0.2) is 83.1 Å². The zero-order valence-electron chi connectivity index (χ0n) is 25.1. The predicted octanol–water partition coefficient (Wildman–Crippen LogP) is 8.67. The Labute approximate surface area is 261 Å². The Balaban J connectivity index is 1.26. The van der Waals surface area contributed by atoms with Crippen molar-refractivity contribution in [2.24, 2.45) is 0 Å². The topological polar surface area (TPSA) is 55.2 Å². The summed E-state index contributed by atoms with van der Waals surface area (Å²) >= 11 is 8.79. The lowest BCUT2D eigenvalue weighted by Gasteiger charge is -2.33. The van der Waals surface area contributed by atoms with Crippen LogP contribution >= 0.6 is 25.3 Å². The lowest BCUT2D eigenvalue weighted by Crippen LogP contribution is -2.32. The van der Waals surface area contributed by atoms with Crippen LogP contribution < -0.4 is 10.4 Å². The molecule has 0 saturated heterocycles. The molecule has 0 aliphatic heterocycles. The molecule has 1 fully saturated rings. The molecule has 4 aromatic rings. The molecule has 1 aliphatic carbocycles. The minimum Gasteiger partial charge on any atom is -0.372 e. The molecule has 8 heteroatoms. The van der Waals surface area contributed by atoms with E-state index in [9.17, 15) is 0 Å². The van der Waals surface area contributed by atoms with E-state index in [0.717, 1.165) is 24.3 Å². The fourth-order valence-electron chi connectivity index (χ4n) is 6.09. The highest BCUT2D eigenvalue weighted by molar-refractivity contribution is 7.80. The molecule has 6 nitrogen and oxygen atoms in total. The van der Waals surface area contributed by atoms with Gasteiger partial charge in [0, 0.05) is 19.3 Å². The van der Waals surface area contributed by atoms with Crippen LogP contribution in [0.3, 0.4) is 0 Å². The summed E-state index contributed by atoms with van der Waals surface area (Å²) in [5.41, 5.74) is 10.5. The number of thiol groups is 2. The maximum atomic E-state index is 6.18. The van der Waals surface area contributed by atoms with Crippen molar-refractivity contribution in [3.63, 3.8) is 0 Å². The van der Waals surface area contributed by atoms with Gasteiger partial charge in [-0.15, -0.1) is 35.5 Å². The molecule has 1 aliphatic rings. The third-order valence-corrected chi connectivity index (χ3v) is 9.10. The summed E-state index contributed by atoms with van der Waals surface area (Å²) in [6, 6.07) is 26.4. The van der Waals surface area contributed by atoms with Crippen LogP contribution in [0.25, 0.3) is 5.69 Å². The standard InChI is InChI=1S/C34H43N5OS2/c1-5-30(40-37-27-14-10-16-29(21-27)39-33(41)35-36-34(39)42)22-38(4)28-15-9-13-26(20-28)32-18-7-6-17-31(32)25-12-8-11-24(19-25)23(2)3/h8-16,19-21,23,30-32,37H,5-7,17-18,22H2,1-4H3,(H,35,41)(H,36,42). The highest BCUT2D eigenvalue weighted by Gasteiger charge is 2.28. The van der Waals surface area contributed by atoms with Crippen molar-refractivity contribution < 1.29 is 4.84 Å². The van der Waals surface area contributed by atoms with Gasteiger partial charge in [0.1, 0.15) is 6.10 Å². The van der Waals surface area contributed by atoms with Crippen LogP contribution in [-0.4, -0.2) is 34.5 Å². The molecule has 0 amide bonds. The molecule has 1 heterocycles. The minimum absolute atomic E-state index is 0.000643. The second-order valence-corrected chi connectivity index (χ2v) is 12.5. The molecule has 1 N–H and O–H groups in total. The van der Waals surface area contributed by atoms with Crippen LogP contribution in [0.5, 0.6) is 0 Å². The molecule has 0 bridgehead atoms. The van der Waals surface area contributed by atoms with Gasteiger partial charge < -0.3 is 4.90 Å². The Morgan fingerprint density at radius 2 is 1.55 bits per heavy atom. The highest BCUT2D eigenvalue weighted by atomic mass is 32.1. The number of benzene rings is 3. The number of anilines is 2. The number of nitrogens with one attached hydrogen (secondary N) is 1. The lowest BCUT2D eigenvalue weighted by molar-refractivity contribution is 0.102. The summed E-state index contributed by atoms with van der Waals surface area (Å²) in [6.45, 7) is 7.49. The zero-order valence-corrected chi connectivity index (χ0v) is 26.9. The van der Waals surface area contributed by atoms with Crippen molar-refractivity contribution in [3.05, 3.63) is 89.5 Å². The van der Waals surface area contributed by atoms with E-state index in [2.05, 4.69) is 122 Å². The van der Waals surface area contributed by atoms with Gasteiger partial charge in [0.15, 0.2) is 10.3 Å². The van der Waals surface area contributed by atoms with Gasteiger partial charge in [0.05, 0.1) is 11.4 Å². The van der Waals surface area contributed by atoms with E-state index >= 15 is 0 Å². The number of hydrogen-bond donors (Lipinski definition) is 3. The van der Waals surface area contributed by atoms with Gasteiger partial charge in [-0.2, -0.15) is 0 Å². The fourth-order valence-corrected chi connectivity index (χ4v) is 6.68. The average molecular weight is 602 g/mol.